The van der Waals surface area contributed by atoms with Gasteiger partial charge in [-0.3, -0.25) is 10.1 Å². The monoisotopic (exact) mass is 508 g/mol. The van der Waals surface area contributed by atoms with Gasteiger partial charge >= 0.3 is 6.09 Å². The molecule has 2 saturated carbocycles. The standard InChI is InChI=1S/C30H40N2O5/c1-20-9-11-22(12-10-20)32-28(36)37-26-15-16-29(2)23(24(34)13-14-25(29)30(26,3)19-33)17-27(35)31-18-21-7-5-4-6-8-21/h4-12,23-26,33-34H,13-19H2,1-3H3,(H,31,35)(H,32,36)/t23-,24-,25?,26-,29+,30+/m1/s1. The Morgan fingerprint density at radius 2 is 1.73 bits per heavy atom. The zero-order chi connectivity index (χ0) is 26.6. The summed E-state index contributed by atoms with van der Waals surface area (Å²) in [7, 11) is 0. The van der Waals surface area contributed by atoms with Crippen molar-refractivity contribution in [2.75, 3.05) is 11.9 Å². The van der Waals surface area contributed by atoms with Crippen molar-refractivity contribution in [3.8, 4) is 0 Å². The highest BCUT2D eigenvalue weighted by atomic mass is 16.6. The minimum Gasteiger partial charge on any atom is -0.445 e. The highest BCUT2D eigenvalue weighted by Gasteiger charge is 2.60. The van der Waals surface area contributed by atoms with E-state index in [0.29, 0.717) is 37.9 Å². The van der Waals surface area contributed by atoms with E-state index in [1.54, 1.807) is 0 Å². The number of fused-ring (bicyclic) bond motifs is 1. The first kappa shape index (κ1) is 27.1. The van der Waals surface area contributed by atoms with Crippen LogP contribution in [-0.2, 0) is 16.1 Å². The average Bonchev–Trinajstić information content (AvgIpc) is 2.89. The summed E-state index contributed by atoms with van der Waals surface area (Å²) in [6.45, 7) is 6.39. The van der Waals surface area contributed by atoms with Crippen molar-refractivity contribution in [2.45, 2.75) is 71.6 Å². The number of nitrogens with one attached hydrogen (secondary N) is 2. The molecule has 0 radical (unpaired) electrons. The Labute approximate surface area is 219 Å². The fraction of sp³-hybridized carbons (Fsp3) is 0.533. The number of carbonyl (C=O) groups is 2. The average molecular weight is 509 g/mol. The summed E-state index contributed by atoms with van der Waals surface area (Å²) >= 11 is 0. The molecule has 4 rings (SSSR count). The second kappa shape index (κ2) is 11.2. The largest absolute Gasteiger partial charge is 0.445 e. The highest BCUT2D eigenvalue weighted by Crippen LogP contribution is 2.61. The predicted octanol–water partition coefficient (Wildman–Crippen LogP) is 4.80. The Morgan fingerprint density at radius 1 is 1.03 bits per heavy atom. The molecule has 6 atom stereocenters. The lowest BCUT2D eigenvalue weighted by atomic mass is 9.46. The Hall–Kier alpha value is -2.90. The molecule has 7 nitrogen and oxygen atoms in total. The van der Waals surface area contributed by atoms with Crippen LogP contribution in [0.4, 0.5) is 10.5 Å². The summed E-state index contributed by atoms with van der Waals surface area (Å²) in [5, 5.41) is 27.4. The maximum atomic E-state index is 12.9. The molecule has 2 aromatic carbocycles. The third-order valence-electron chi connectivity index (χ3n) is 8.96. The number of hydrogen-bond acceptors (Lipinski definition) is 5. The summed E-state index contributed by atoms with van der Waals surface area (Å²) in [4.78, 5) is 25.7. The van der Waals surface area contributed by atoms with Gasteiger partial charge in [0.25, 0.3) is 0 Å². The molecule has 0 aliphatic heterocycles. The number of ether oxygens (including phenoxy) is 1. The Bertz CT molecular complexity index is 1080. The van der Waals surface area contributed by atoms with Crippen molar-refractivity contribution in [1.82, 2.24) is 5.32 Å². The van der Waals surface area contributed by atoms with Crippen LogP contribution in [-0.4, -0.2) is 41.0 Å². The van der Waals surface area contributed by atoms with Gasteiger partial charge in [0, 0.05) is 24.1 Å². The number of benzene rings is 2. The van der Waals surface area contributed by atoms with E-state index in [9.17, 15) is 19.8 Å². The molecule has 4 N–H and O–H groups in total. The highest BCUT2D eigenvalue weighted by molar-refractivity contribution is 5.84. The fourth-order valence-corrected chi connectivity index (χ4v) is 6.76. The van der Waals surface area contributed by atoms with Crippen LogP contribution in [0.2, 0.25) is 0 Å². The number of anilines is 1. The van der Waals surface area contributed by atoms with Crippen LogP contribution in [0.3, 0.4) is 0 Å². The van der Waals surface area contributed by atoms with Crippen LogP contribution in [0.5, 0.6) is 0 Å². The SMILES string of the molecule is Cc1ccc(NC(=O)O[C@@H]2CC[C@]3(C)C(CC[C@@H](O)[C@H]3CC(=O)NCc3ccccc3)[C@]2(C)CO)cc1. The molecule has 2 aliphatic rings. The van der Waals surface area contributed by atoms with E-state index >= 15 is 0 Å². The summed E-state index contributed by atoms with van der Waals surface area (Å²) in [5.74, 6) is -0.335. The molecule has 2 fully saturated rings. The quantitative estimate of drug-likeness (QED) is 0.430. The number of carbonyl (C=O) groups excluding carboxylic acids is 2. The van der Waals surface area contributed by atoms with Crippen LogP contribution >= 0.6 is 0 Å². The van der Waals surface area contributed by atoms with E-state index in [2.05, 4.69) is 17.6 Å². The van der Waals surface area contributed by atoms with Crippen LogP contribution in [0.25, 0.3) is 0 Å². The van der Waals surface area contributed by atoms with Crippen molar-refractivity contribution >= 4 is 17.7 Å². The molecular formula is C30H40N2O5. The normalized spacial score (nSPS) is 31.2. The van der Waals surface area contributed by atoms with Gasteiger partial charge in [-0.1, -0.05) is 61.9 Å². The molecule has 200 valence electrons. The Balaban J connectivity index is 1.45. The lowest BCUT2D eigenvalue weighted by Crippen LogP contribution is -2.61. The molecule has 7 heteroatoms. The summed E-state index contributed by atoms with van der Waals surface area (Å²) < 4.78 is 5.90. The topological polar surface area (TPSA) is 108 Å². The first-order chi connectivity index (χ1) is 17.7. The van der Waals surface area contributed by atoms with Crippen LogP contribution < -0.4 is 10.6 Å². The molecule has 0 spiro atoms. The first-order valence-corrected chi connectivity index (χ1v) is 13.3. The number of amides is 2. The van der Waals surface area contributed by atoms with Crippen LogP contribution in [0.15, 0.2) is 54.6 Å². The van der Waals surface area contributed by atoms with E-state index in [4.69, 9.17) is 4.74 Å². The van der Waals surface area contributed by atoms with Gasteiger partial charge in [-0.25, -0.2) is 4.79 Å². The van der Waals surface area contributed by atoms with Gasteiger partial charge in [0.15, 0.2) is 0 Å². The number of aliphatic hydroxyl groups excluding tert-OH is 2. The molecule has 0 aromatic heterocycles. The molecule has 0 bridgehead atoms. The smallest absolute Gasteiger partial charge is 0.411 e. The van der Waals surface area contributed by atoms with E-state index in [0.717, 1.165) is 11.1 Å². The Morgan fingerprint density at radius 3 is 2.41 bits per heavy atom. The number of aliphatic hydroxyl groups is 2. The Kier molecular flexibility index (Phi) is 8.24. The van der Waals surface area contributed by atoms with Gasteiger partial charge in [0.05, 0.1) is 12.7 Å². The van der Waals surface area contributed by atoms with Gasteiger partial charge in [-0.2, -0.15) is 0 Å². The van der Waals surface area contributed by atoms with Gasteiger partial charge in [-0.05, 0) is 67.6 Å². The summed E-state index contributed by atoms with van der Waals surface area (Å²) in [6.07, 6.45) is 1.14. The van der Waals surface area contributed by atoms with Crippen LogP contribution in [0.1, 0.15) is 57.1 Å². The second-order valence-electron chi connectivity index (χ2n) is 11.4. The zero-order valence-corrected chi connectivity index (χ0v) is 22.1. The molecule has 0 saturated heterocycles. The minimum absolute atomic E-state index is 0.00810. The minimum atomic E-state index is -0.684. The summed E-state index contributed by atoms with van der Waals surface area (Å²) in [5.41, 5.74) is 1.73. The first-order valence-electron chi connectivity index (χ1n) is 13.3. The van der Waals surface area contributed by atoms with E-state index < -0.39 is 23.7 Å². The third kappa shape index (κ3) is 5.83. The summed E-state index contributed by atoms with van der Waals surface area (Å²) in [6, 6.07) is 17.3. The lowest BCUT2D eigenvalue weighted by Gasteiger charge is -2.60. The lowest BCUT2D eigenvalue weighted by molar-refractivity contribution is -0.185. The van der Waals surface area contributed by atoms with Crippen molar-refractivity contribution in [2.24, 2.45) is 22.7 Å². The number of aryl methyl sites for hydroxylation is 1. The van der Waals surface area contributed by atoms with Crippen LogP contribution in [0, 0.1) is 29.6 Å². The van der Waals surface area contributed by atoms with Gasteiger partial charge < -0.3 is 20.3 Å². The van der Waals surface area contributed by atoms with E-state index in [1.165, 1.54) is 0 Å². The third-order valence-corrected chi connectivity index (χ3v) is 8.96. The fourth-order valence-electron chi connectivity index (χ4n) is 6.76. The van der Waals surface area contributed by atoms with Crippen molar-refractivity contribution in [3.05, 3.63) is 65.7 Å². The molecule has 2 amide bonds. The van der Waals surface area contributed by atoms with Gasteiger partial charge in [0.2, 0.25) is 5.91 Å². The molecule has 1 unspecified atom stereocenters. The molecular weight excluding hydrogens is 468 g/mol. The molecule has 37 heavy (non-hydrogen) atoms. The van der Waals surface area contributed by atoms with Crippen molar-refractivity contribution in [3.63, 3.8) is 0 Å². The number of rotatable bonds is 7. The zero-order valence-electron chi connectivity index (χ0n) is 22.1. The van der Waals surface area contributed by atoms with Crippen molar-refractivity contribution < 1.29 is 24.5 Å². The van der Waals surface area contributed by atoms with E-state index in [-0.39, 0.29) is 36.2 Å². The number of hydrogen-bond donors (Lipinski definition) is 4. The van der Waals surface area contributed by atoms with E-state index in [1.807, 2.05) is 68.4 Å². The van der Waals surface area contributed by atoms with Crippen molar-refractivity contribution in [1.29, 1.82) is 0 Å². The second-order valence-corrected chi connectivity index (χ2v) is 11.4. The van der Waals surface area contributed by atoms with Gasteiger partial charge in [0.1, 0.15) is 6.10 Å². The molecule has 2 aromatic rings. The molecule has 0 heterocycles. The maximum Gasteiger partial charge on any atom is 0.411 e. The van der Waals surface area contributed by atoms with Gasteiger partial charge in [-0.15, -0.1) is 0 Å². The maximum absolute atomic E-state index is 12.9. The molecule has 2 aliphatic carbocycles. The predicted molar refractivity (Wildman–Crippen MR) is 143 cm³/mol.